The van der Waals surface area contributed by atoms with E-state index in [1.54, 1.807) is 16.7 Å². The Balaban J connectivity index is 1.40. The minimum absolute atomic E-state index is 0.687. The summed E-state index contributed by atoms with van der Waals surface area (Å²) in [6, 6.07) is 15.0. The van der Waals surface area contributed by atoms with Crippen LogP contribution in [0.2, 0.25) is 0 Å². The first-order valence-electron chi connectivity index (χ1n) is 9.91. The molecule has 0 bridgehead atoms. The minimum Gasteiger partial charge on any atom is -0.370 e. The molecule has 1 aliphatic heterocycles. The van der Waals surface area contributed by atoms with Crippen molar-refractivity contribution in [2.24, 2.45) is 0 Å². The van der Waals surface area contributed by atoms with Gasteiger partial charge in [0.25, 0.3) is 0 Å². The van der Waals surface area contributed by atoms with Gasteiger partial charge in [0, 0.05) is 28.4 Å². The lowest BCUT2D eigenvalue weighted by Crippen LogP contribution is -3.14. The third-order valence-electron chi connectivity index (χ3n) is 4.88. The Hall–Kier alpha value is -1.60. The fourth-order valence-electron chi connectivity index (χ4n) is 3.18. The molecule has 150 valence electrons. The molecule has 0 saturated carbocycles. The van der Waals surface area contributed by atoms with Crippen molar-refractivity contribution in [3.05, 3.63) is 53.6 Å². The quantitative estimate of drug-likeness (QED) is 0.478. The van der Waals surface area contributed by atoms with E-state index in [1.165, 1.54) is 27.5 Å². The van der Waals surface area contributed by atoms with Crippen LogP contribution in [-0.4, -0.2) is 44.5 Å². The van der Waals surface area contributed by atoms with E-state index in [4.69, 9.17) is 17.0 Å². The number of quaternary nitrogens is 1. The van der Waals surface area contributed by atoms with E-state index in [-0.39, 0.29) is 0 Å². The molecular weight excluding hydrogens is 386 g/mol. The number of rotatable bonds is 7. The molecule has 0 atom stereocenters. The van der Waals surface area contributed by atoms with Gasteiger partial charge in [-0.15, -0.1) is 0 Å². The number of thiocarbonyl (C=S) groups is 1. The normalized spacial score (nSPS) is 14.6. The van der Waals surface area contributed by atoms with Crippen LogP contribution in [0.3, 0.4) is 0 Å². The lowest BCUT2D eigenvalue weighted by Gasteiger charge is -2.23. The highest BCUT2D eigenvalue weighted by atomic mass is 32.2. The second-order valence-electron chi connectivity index (χ2n) is 7.24. The second-order valence-corrected chi connectivity index (χ2v) is 8.77. The molecule has 2 aromatic carbocycles. The first-order valence-corrected chi connectivity index (χ1v) is 11.1. The lowest BCUT2D eigenvalue weighted by molar-refractivity contribution is -0.908. The maximum Gasteiger partial charge on any atom is 0.170 e. The standard InChI is InChI=1S/C22H29N3OS2/c1-17-4-5-18(2)21(16-17)28-20-8-6-19(7-9-20)24-22(27)23-10-3-11-25-12-14-26-15-13-25/h4-9,16H,3,10-15H2,1-2H3,(H2,23,24,27)/p+1. The van der Waals surface area contributed by atoms with Gasteiger partial charge in [0.1, 0.15) is 13.1 Å². The Morgan fingerprint density at radius 1 is 1.11 bits per heavy atom. The van der Waals surface area contributed by atoms with Gasteiger partial charge in [0.15, 0.2) is 5.11 Å². The molecule has 2 aromatic rings. The highest BCUT2D eigenvalue weighted by Crippen LogP contribution is 2.31. The fourth-order valence-corrected chi connectivity index (χ4v) is 4.40. The molecule has 1 heterocycles. The fraction of sp³-hybridized carbons (Fsp3) is 0.409. The highest BCUT2D eigenvalue weighted by Gasteiger charge is 2.12. The van der Waals surface area contributed by atoms with E-state index in [2.05, 4.69) is 66.9 Å². The van der Waals surface area contributed by atoms with E-state index >= 15 is 0 Å². The average molecular weight is 417 g/mol. The summed E-state index contributed by atoms with van der Waals surface area (Å²) in [4.78, 5) is 4.16. The van der Waals surface area contributed by atoms with Crippen LogP contribution in [0.1, 0.15) is 17.5 Å². The van der Waals surface area contributed by atoms with E-state index in [1.807, 2.05) is 0 Å². The monoisotopic (exact) mass is 416 g/mol. The Bertz CT molecular complexity index is 774. The Morgan fingerprint density at radius 3 is 2.61 bits per heavy atom. The van der Waals surface area contributed by atoms with Crippen LogP contribution in [0.15, 0.2) is 52.3 Å². The molecule has 0 radical (unpaired) electrons. The van der Waals surface area contributed by atoms with Gasteiger partial charge in [0.2, 0.25) is 0 Å². The highest BCUT2D eigenvalue weighted by molar-refractivity contribution is 7.99. The first-order chi connectivity index (χ1) is 13.6. The molecule has 0 unspecified atom stereocenters. The average Bonchev–Trinajstić information content (AvgIpc) is 2.70. The van der Waals surface area contributed by atoms with Gasteiger partial charge in [-0.1, -0.05) is 23.9 Å². The Labute approximate surface area is 178 Å². The largest absolute Gasteiger partial charge is 0.370 e. The van der Waals surface area contributed by atoms with Crippen molar-refractivity contribution in [2.45, 2.75) is 30.1 Å². The van der Waals surface area contributed by atoms with Crippen molar-refractivity contribution in [3.63, 3.8) is 0 Å². The Kier molecular flexibility index (Phi) is 8.15. The van der Waals surface area contributed by atoms with Crippen molar-refractivity contribution in [1.29, 1.82) is 0 Å². The molecule has 0 spiro atoms. The van der Waals surface area contributed by atoms with Crippen LogP contribution >= 0.6 is 24.0 Å². The second kappa shape index (κ2) is 10.8. The summed E-state index contributed by atoms with van der Waals surface area (Å²) in [6.45, 7) is 10.4. The summed E-state index contributed by atoms with van der Waals surface area (Å²) in [6.07, 6.45) is 1.11. The SMILES string of the molecule is Cc1ccc(C)c(Sc2ccc(NC(=S)NCCC[NH+]3CCOCC3)cc2)c1. The zero-order chi connectivity index (χ0) is 19.8. The number of ether oxygens (including phenoxy) is 1. The third kappa shape index (κ3) is 6.78. The van der Waals surface area contributed by atoms with Gasteiger partial charge in [-0.3, -0.25) is 0 Å². The van der Waals surface area contributed by atoms with Crippen LogP contribution in [0.25, 0.3) is 0 Å². The van der Waals surface area contributed by atoms with Gasteiger partial charge in [-0.2, -0.15) is 0 Å². The van der Waals surface area contributed by atoms with E-state index in [0.717, 1.165) is 45.0 Å². The van der Waals surface area contributed by atoms with E-state index in [9.17, 15) is 0 Å². The predicted molar refractivity (Wildman–Crippen MR) is 122 cm³/mol. The molecule has 6 heteroatoms. The number of hydrogen-bond acceptors (Lipinski definition) is 3. The molecular formula is C22H30N3OS2+. The molecule has 0 aliphatic carbocycles. The van der Waals surface area contributed by atoms with Crippen LogP contribution < -0.4 is 15.5 Å². The molecule has 1 aliphatic rings. The topological polar surface area (TPSA) is 37.7 Å². The number of benzene rings is 2. The maximum absolute atomic E-state index is 5.42. The van der Waals surface area contributed by atoms with Crippen molar-refractivity contribution >= 4 is 34.8 Å². The van der Waals surface area contributed by atoms with E-state index < -0.39 is 0 Å². The van der Waals surface area contributed by atoms with Gasteiger partial charge in [-0.25, -0.2) is 0 Å². The van der Waals surface area contributed by atoms with E-state index in [0.29, 0.717) is 5.11 Å². The van der Waals surface area contributed by atoms with Crippen molar-refractivity contribution in [3.8, 4) is 0 Å². The minimum atomic E-state index is 0.687. The number of hydrogen-bond donors (Lipinski definition) is 3. The molecule has 0 amide bonds. The summed E-state index contributed by atoms with van der Waals surface area (Å²) in [5, 5.41) is 7.27. The zero-order valence-corrected chi connectivity index (χ0v) is 18.3. The maximum atomic E-state index is 5.42. The summed E-state index contributed by atoms with van der Waals surface area (Å²) < 4.78 is 5.39. The zero-order valence-electron chi connectivity index (χ0n) is 16.7. The molecule has 3 rings (SSSR count). The van der Waals surface area contributed by atoms with Gasteiger partial charge in [-0.05, 0) is 67.5 Å². The number of anilines is 1. The molecule has 0 aromatic heterocycles. The lowest BCUT2D eigenvalue weighted by atomic mass is 10.2. The van der Waals surface area contributed by atoms with Crippen LogP contribution in [0.4, 0.5) is 5.69 Å². The summed E-state index contributed by atoms with van der Waals surface area (Å²) in [5.41, 5.74) is 3.61. The summed E-state index contributed by atoms with van der Waals surface area (Å²) in [7, 11) is 0. The molecule has 3 N–H and O–H groups in total. The van der Waals surface area contributed by atoms with Gasteiger partial charge < -0.3 is 20.3 Å². The van der Waals surface area contributed by atoms with Gasteiger partial charge >= 0.3 is 0 Å². The number of aryl methyl sites for hydroxylation is 2. The smallest absolute Gasteiger partial charge is 0.170 e. The van der Waals surface area contributed by atoms with Gasteiger partial charge in [0.05, 0.1) is 19.8 Å². The molecule has 4 nitrogen and oxygen atoms in total. The van der Waals surface area contributed by atoms with Crippen molar-refractivity contribution in [2.75, 3.05) is 44.7 Å². The summed E-state index contributed by atoms with van der Waals surface area (Å²) >= 11 is 7.22. The van der Waals surface area contributed by atoms with Crippen LogP contribution in [0, 0.1) is 13.8 Å². The number of morpholine rings is 1. The van der Waals surface area contributed by atoms with Crippen molar-refractivity contribution in [1.82, 2.24) is 5.32 Å². The Morgan fingerprint density at radius 2 is 1.86 bits per heavy atom. The molecule has 1 fully saturated rings. The molecule has 1 saturated heterocycles. The number of nitrogens with one attached hydrogen (secondary N) is 3. The predicted octanol–water partition coefficient (Wildman–Crippen LogP) is 3.05. The first kappa shape index (κ1) is 21.1. The van der Waals surface area contributed by atoms with Crippen LogP contribution in [-0.2, 0) is 4.74 Å². The van der Waals surface area contributed by atoms with Crippen molar-refractivity contribution < 1.29 is 9.64 Å². The summed E-state index contributed by atoms with van der Waals surface area (Å²) in [5.74, 6) is 0. The van der Waals surface area contributed by atoms with Crippen LogP contribution in [0.5, 0.6) is 0 Å². The third-order valence-corrected chi connectivity index (χ3v) is 6.29. The molecule has 28 heavy (non-hydrogen) atoms.